The fraction of sp³-hybridized carbons (Fsp3) is 0.0526. The van der Waals surface area contributed by atoms with Crippen LogP contribution < -0.4 is 0 Å². The second kappa shape index (κ2) is 7.56. The van der Waals surface area contributed by atoms with Crippen LogP contribution in [-0.4, -0.2) is 0 Å². The van der Waals surface area contributed by atoms with Crippen LogP contribution in [0.4, 0.5) is 0 Å². The summed E-state index contributed by atoms with van der Waals surface area (Å²) in [4.78, 5) is 3.73. The molecule has 0 aliphatic heterocycles. The normalized spacial score (nSPS) is 11.5. The first-order valence-corrected chi connectivity index (χ1v) is 7.88. The van der Waals surface area contributed by atoms with E-state index in [-0.39, 0.29) is 10.9 Å². The third-order valence-corrected chi connectivity index (χ3v) is 4.95. The summed E-state index contributed by atoms with van der Waals surface area (Å²) in [6, 6.07) is 21.1. The summed E-state index contributed by atoms with van der Waals surface area (Å²) in [5.74, 6) is 0. The van der Waals surface area contributed by atoms with Gasteiger partial charge in [0.2, 0.25) is 0 Å². The summed E-state index contributed by atoms with van der Waals surface area (Å²) >= 11 is 0. The van der Waals surface area contributed by atoms with E-state index in [0.717, 1.165) is 4.91 Å². The zero-order valence-electron chi connectivity index (χ0n) is 11.7. The second-order valence-electron chi connectivity index (χ2n) is 4.28. The average molecular weight is 279 g/mol. The Hall–Kier alpha value is -1.99. The van der Waals surface area contributed by atoms with Gasteiger partial charge in [-0.3, -0.25) is 0 Å². The molecule has 0 saturated carbocycles. The highest BCUT2D eigenvalue weighted by atomic mass is 32.2. The van der Waals surface area contributed by atoms with Gasteiger partial charge in [-0.1, -0.05) is 54.6 Å². The molecule has 0 bridgehead atoms. The number of hydrogen-bond donors (Lipinski definition) is 0. The van der Waals surface area contributed by atoms with Crippen LogP contribution in [0.1, 0.15) is 6.92 Å². The van der Waals surface area contributed by atoms with E-state index in [1.54, 1.807) is 0 Å². The number of hydrogen-bond acceptors (Lipinski definition) is 0. The van der Waals surface area contributed by atoms with Gasteiger partial charge in [-0.2, -0.15) is 0 Å². The number of allylic oxidation sites excluding steroid dienone is 4. The van der Waals surface area contributed by atoms with Crippen LogP contribution in [0, 0.1) is 0 Å². The van der Waals surface area contributed by atoms with Crippen molar-refractivity contribution in [2.45, 2.75) is 16.7 Å². The van der Waals surface area contributed by atoms with E-state index in [1.165, 1.54) is 9.79 Å². The molecule has 1 heteroatoms. The quantitative estimate of drug-likeness (QED) is 0.510. The predicted octanol–water partition coefficient (Wildman–Crippen LogP) is 5.37. The van der Waals surface area contributed by atoms with E-state index in [9.17, 15) is 0 Å². The van der Waals surface area contributed by atoms with Crippen LogP contribution in [0.2, 0.25) is 0 Å². The summed E-state index contributed by atoms with van der Waals surface area (Å²) < 4.78 is 0. The Morgan fingerprint density at radius 2 is 1.35 bits per heavy atom. The van der Waals surface area contributed by atoms with E-state index in [1.807, 2.05) is 25.2 Å². The minimum Gasteiger partial charge on any atom is -0.0877 e. The van der Waals surface area contributed by atoms with Gasteiger partial charge in [0.1, 0.15) is 0 Å². The molecule has 20 heavy (non-hydrogen) atoms. The maximum absolute atomic E-state index is 4.27. The van der Waals surface area contributed by atoms with Crippen LogP contribution in [-0.2, 0) is 10.9 Å². The fourth-order valence-corrected chi connectivity index (χ4v) is 3.84. The minimum atomic E-state index is -0.115. The van der Waals surface area contributed by atoms with E-state index in [2.05, 4.69) is 73.3 Å². The van der Waals surface area contributed by atoms with E-state index < -0.39 is 0 Å². The maximum atomic E-state index is 4.27. The summed E-state index contributed by atoms with van der Waals surface area (Å²) in [5, 5.41) is 0. The molecule has 0 atom stereocenters. The van der Waals surface area contributed by atoms with E-state index >= 15 is 0 Å². The van der Waals surface area contributed by atoms with Crippen LogP contribution >= 0.6 is 0 Å². The summed E-state index contributed by atoms with van der Waals surface area (Å²) in [7, 11) is -0.115. The molecule has 0 N–H and O–H groups in total. The lowest BCUT2D eigenvalue weighted by atomic mass is 10.4. The topological polar surface area (TPSA) is 0 Å². The molecule has 2 aromatic carbocycles. The molecule has 0 heterocycles. The third kappa shape index (κ3) is 3.75. The van der Waals surface area contributed by atoms with Crippen molar-refractivity contribution in [3.8, 4) is 0 Å². The van der Waals surface area contributed by atoms with Crippen LogP contribution in [0.15, 0.2) is 106 Å². The van der Waals surface area contributed by atoms with Crippen molar-refractivity contribution in [3.63, 3.8) is 0 Å². The van der Waals surface area contributed by atoms with E-state index in [0.29, 0.717) is 0 Å². The first-order valence-electron chi connectivity index (χ1n) is 6.65. The van der Waals surface area contributed by atoms with Crippen LogP contribution in [0.3, 0.4) is 0 Å². The van der Waals surface area contributed by atoms with Crippen molar-refractivity contribution in [2.75, 3.05) is 0 Å². The smallest absolute Gasteiger partial charge is 0.0877 e. The Morgan fingerprint density at radius 3 is 1.80 bits per heavy atom. The zero-order valence-corrected chi connectivity index (χ0v) is 12.5. The molecular weight excluding hydrogens is 260 g/mol. The van der Waals surface area contributed by atoms with Gasteiger partial charge in [-0.05, 0) is 43.8 Å². The van der Waals surface area contributed by atoms with Gasteiger partial charge in [0.25, 0.3) is 0 Å². The Balaban J connectivity index is 2.38. The monoisotopic (exact) mass is 279 g/mol. The van der Waals surface area contributed by atoms with Gasteiger partial charge in [-0.15, -0.1) is 0 Å². The fourth-order valence-electron chi connectivity index (χ4n) is 1.89. The second-order valence-corrected chi connectivity index (χ2v) is 6.36. The highest BCUT2D eigenvalue weighted by Gasteiger charge is 2.27. The highest BCUT2D eigenvalue weighted by Crippen LogP contribution is 2.29. The van der Waals surface area contributed by atoms with Gasteiger partial charge < -0.3 is 0 Å². The lowest BCUT2D eigenvalue weighted by molar-refractivity contribution is 1.38. The third-order valence-electron chi connectivity index (χ3n) is 2.81. The predicted molar refractivity (Wildman–Crippen MR) is 89.9 cm³/mol. The van der Waals surface area contributed by atoms with Crippen molar-refractivity contribution < 1.29 is 0 Å². The lowest BCUT2D eigenvalue weighted by Gasteiger charge is -2.07. The van der Waals surface area contributed by atoms with Gasteiger partial charge in [0.05, 0.1) is 10.9 Å². The molecule has 0 fully saturated rings. The van der Waals surface area contributed by atoms with Crippen LogP contribution in [0.5, 0.6) is 0 Å². The molecule has 0 nitrogen and oxygen atoms in total. The molecule has 0 unspecified atom stereocenters. The molecule has 0 radical (unpaired) electrons. The van der Waals surface area contributed by atoms with Gasteiger partial charge in [0, 0.05) is 0 Å². The first-order chi connectivity index (χ1) is 9.83. The molecule has 0 aliphatic rings. The number of benzene rings is 2. The largest absolute Gasteiger partial charge is 0.166 e. The summed E-state index contributed by atoms with van der Waals surface area (Å²) in [6.45, 7) is 6.29. The molecule has 100 valence electrons. The standard InChI is InChI=1S/C19H19S/c1-3-4-7-12-17(2)20(18-13-8-5-9-14-18)19-15-10-6-11-16-19/h3-16H,2H2,1H3/q+1/b4-3-,12-7-. The van der Waals surface area contributed by atoms with Crippen molar-refractivity contribution in [1.29, 1.82) is 0 Å². The molecule has 2 rings (SSSR count). The van der Waals surface area contributed by atoms with Gasteiger partial charge >= 0.3 is 0 Å². The number of rotatable bonds is 5. The van der Waals surface area contributed by atoms with Crippen molar-refractivity contribution >= 4 is 10.9 Å². The molecule has 0 saturated heterocycles. The van der Waals surface area contributed by atoms with Gasteiger partial charge in [-0.25, -0.2) is 0 Å². The Labute approximate surface area is 124 Å². The Kier molecular flexibility index (Phi) is 5.45. The average Bonchev–Trinajstić information content (AvgIpc) is 2.50. The van der Waals surface area contributed by atoms with Crippen molar-refractivity contribution in [2.24, 2.45) is 0 Å². The molecule has 0 spiro atoms. The van der Waals surface area contributed by atoms with Crippen molar-refractivity contribution in [3.05, 3.63) is 96.5 Å². The Morgan fingerprint density at radius 1 is 0.850 bits per heavy atom. The molecule has 2 aromatic rings. The van der Waals surface area contributed by atoms with E-state index in [4.69, 9.17) is 0 Å². The maximum Gasteiger partial charge on any atom is 0.166 e. The molecular formula is C19H19S+. The summed E-state index contributed by atoms with van der Waals surface area (Å²) in [5.41, 5.74) is 0. The molecule has 0 aromatic heterocycles. The lowest BCUT2D eigenvalue weighted by Crippen LogP contribution is -2.04. The summed E-state index contributed by atoms with van der Waals surface area (Å²) in [6.07, 6.45) is 8.20. The van der Waals surface area contributed by atoms with Crippen LogP contribution in [0.25, 0.3) is 0 Å². The SMILES string of the molecule is C=C(/C=C\C=C/C)[S+](c1ccccc1)c1ccccc1. The first kappa shape index (κ1) is 14.4. The highest BCUT2D eigenvalue weighted by molar-refractivity contribution is 8.00. The minimum absolute atomic E-state index is 0.115. The molecule has 0 amide bonds. The zero-order chi connectivity index (χ0) is 14.2. The van der Waals surface area contributed by atoms with Crippen molar-refractivity contribution in [1.82, 2.24) is 0 Å². The van der Waals surface area contributed by atoms with Gasteiger partial charge in [0.15, 0.2) is 14.7 Å². The molecule has 0 aliphatic carbocycles. The Bertz CT molecular complexity index is 555.